The molecule has 0 saturated carbocycles. The van der Waals surface area contributed by atoms with Crippen LogP contribution in [0.15, 0.2) is 55.9 Å². The summed E-state index contributed by atoms with van der Waals surface area (Å²) in [7, 11) is -3.89. The third-order valence-corrected chi connectivity index (χ3v) is 7.00. The van der Waals surface area contributed by atoms with Crippen molar-refractivity contribution in [2.75, 3.05) is 17.9 Å². The quantitative estimate of drug-likeness (QED) is 0.403. The zero-order valence-corrected chi connectivity index (χ0v) is 21.9. The molecule has 9 nitrogen and oxygen atoms in total. The van der Waals surface area contributed by atoms with Crippen LogP contribution in [0.25, 0.3) is 0 Å². The van der Waals surface area contributed by atoms with E-state index in [9.17, 15) is 21.6 Å². The van der Waals surface area contributed by atoms with Crippen LogP contribution in [0.3, 0.4) is 0 Å². The van der Waals surface area contributed by atoms with Gasteiger partial charge in [-0.3, -0.25) is 9.62 Å². The number of hydrogen-bond acceptors (Lipinski definition) is 7. The highest BCUT2D eigenvalue weighted by Crippen LogP contribution is 2.27. The Bertz CT molecular complexity index is 1280. The molecule has 1 aromatic heterocycles. The molecule has 13 heteroatoms. The summed E-state index contributed by atoms with van der Waals surface area (Å²) in [4.78, 5) is 9.32. The maximum atomic E-state index is 13.0. The second kappa shape index (κ2) is 11.1. The average molecular weight is 542 g/mol. The molecule has 0 radical (unpaired) electrons. The van der Waals surface area contributed by atoms with Crippen LogP contribution in [0.1, 0.15) is 44.6 Å². The number of amidine groups is 1. The van der Waals surface area contributed by atoms with E-state index in [1.54, 1.807) is 30.3 Å². The highest BCUT2D eigenvalue weighted by Gasteiger charge is 2.29. The van der Waals surface area contributed by atoms with E-state index in [0.717, 1.165) is 11.1 Å². The van der Waals surface area contributed by atoms with E-state index in [0.29, 0.717) is 25.3 Å². The first-order chi connectivity index (χ1) is 17.2. The van der Waals surface area contributed by atoms with Crippen molar-refractivity contribution in [1.82, 2.24) is 10.1 Å². The number of sulfonamides is 1. The van der Waals surface area contributed by atoms with Crippen LogP contribution in [-0.2, 0) is 33.1 Å². The third kappa shape index (κ3) is 7.89. The lowest BCUT2D eigenvalue weighted by molar-refractivity contribution is -0.156. The number of nitrogens with zero attached hydrogens (tertiary/aromatic N) is 4. The van der Waals surface area contributed by atoms with Crippen LogP contribution in [0.5, 0.6) is 0 Å². The molecule has 37 heavy (non-hydrogen) atoms. The molecule has 2 heterocycles. The normalized spacial score (nSPS) is 16.5. The number of aliphatic imine (C=N–C) groups is 2. The van der Waals surface area contributed by atoms with Crippen molar-refractivity contribution in [2.45, 2.75) is 63.2 Å². The van der Waals surface area contributed by atoms with E-state index in [1.807, 2.05) is 27.7 Å². The summed E-state index contributed by atoms with van der Waals surface area (Å²) in [6.45, 7) is 10.5. The van der Waals surface area contributed by atoms with Crippen LogP contribution in [0.2, 0.25) is 0 Å². The van der Waals surface area contributed by atoms with Gasteiger partial charge in [0.15, 0.2) is 12.4 Å². The molecule has 0 aliphatic carbocycles. The van der Waals surface area contributed by atoms with Gasteiger partial charge in [-0.1, -0.05) is 32.0 Å². The molecule has 0 unspecified atom stereocenters. The topological polar surface area (TPSA) is 109 Å². The van der Waals surface area contributed by atoms with Gasteiger partial charge < -0.3 is 9.26 Å². The molecule has 1 aromatic carbocycles. The molecule has 0 spiro atoms. The molecule has 1 N–H and O–H groups in total. The van der Waals surface area contributed by atoms with E-state index < -0.39 is 28.8 Å². The number of ether oxygens (including phenoxy) is 1. The van der Waals surface area contributed by atoms with Crippen molar-refractivity contribution in [1.29, 1.82) is 0 Å². The number of alkyl halides is 3. The van der Waals surface area contributed by atoms with Crippen LogP contribution < -0.4 is 4.72 Å². The zero-order chi connectivity index (χ0) is 27.4. The van der Waals surface area contributed by atoms with Gasteiger partial charge in [-0.2, -0.15) is 13.2 Å². The number of anilines is 1. The van der Waals surface area contributed by atoms with Gasteiger partial charge in [-0.05, 0) is 49.4 Å². The van der Waals surface area contributed by atoms with Crippen molar-refractivity contribution >= 4 is 28.6 Å². The fraction of sp³-hybridized carbons (Fsp3) is 0.458. The Kier molecular flexibility index (Phi) is 8.48. The van der Waals surface area contributed by atoms with Crippen LogP contribution in [-0.4, -0.2) is 56.6 Å². The minimum atomic E-state index is -4.50. The Morgan fingerprint density at radius 1 is 1.30 bits per heavy atom. The van der Waals surface area contributed by atoms with Crippen LogP contribution >= 0.6 is 0 Å². The second-order valence-corrected chi connectivity index (χ2v) is 11.3. The van der Waals surface area contributed by atoms with Gasteiger partial charge in [-0.15, -0.1) is 0 Å². The van der Waals surface area contributed by atoms with Crippen molar-refractivity contribution < 1.29 is 30.8 Å². The fourth-order valence-electron chi connectivity index (χ4n) is 3.57. The maximum absolute atomic E-state index is 13.0. The van der Waals surface area contributed by atoms with Crippen molar-refractivity contribution in [3.8, 4) is 0 Å². The molecular weight excluding hydrogens is 511 g/mol. The molecule has 1 aliphatic heterocycles. The molecule has 3 rings (SSSR count). The second-order valence-electron chi connectivity index (χ2n) is 9.64. The summed E-state index contributed by atoms with van der Waals surface area (Å²) in [6, 6.07) is 5.94. The largest absolute Gasteiger partial charge is 0.454 e. The summed E-state index contributed by atoms with van der Waals surface area (Å²) in [6.07, 6.45) is -0.797. The molecule has 0 fully saturated rings. The monoisotopic (exact) mass is 541 g/mol. The SMILES string of the molecule is C=N/C(=N\C=C\[C@@H](C)N1CCc2ccc(S(=O)(=O)Nc3cc(C(C)(C)C)on3)cc2C1)OCC(F)(F)F. The maximum Gasteiger partial charge on any atom is 0.422 e. The molecule has 2 aromatic rings. The lowest BCUT2D eigenvalue weighted by Gasteiger charge is -2.32. The molecular formula is C24H30F3N5O4S. The van der Waals surface area contributed by atoms with E-state index in [-0.39, 0.29) is 22.2 Å². The number of nitrogens with one attached hydrogen (secondary N) is 1. The predicted molar refractivity (Wildman–Crippen MR) is 134 cm³/mol. The average Bonchev–Trinajstić information content (AvgIpc) is 3.28. The van der Waals surface area contributed by atoms with Gasteiger partial charge in [0, 0.05) is 36.8 Å². The minimum Gasteiger partial charge on any atom is -0.454 e. The van der Waals surface area contributed by atoms with Crippen molar-refractivity contribution in [3.05, 3.63) is 53.4 Å². The summed E-state index contributed by atoms with van der Waals surface area (Å²) in [5, 5.41) is 3.82. The Morgan fingerprint density at radius 2 is 2.03 bits per heavy atom. The summed E-state index contributed by atoms with van der Waals surface area (Å²) >= 11 is 0. The highest BCUT2D eigenvalue weighted by molar-refractivity contribution is 7.92. The Labute approximate surface area is 214 Å². The highest BCUT2D eigenvalue weighted by atomic mass is 32.2. The number of hydrogen-bond donors (Lipinski definition) is 1. The van der Waals surface area contributed by atoms with Gasteiger partial charge in [-0.25, -0.2) is 18.4 Å². The first-order valence-corrected chi connectivity index (χ1v) is 12.9. The Balaban J connectivity index is 1.68. The number of fused-ring (bicyclic) bond motifs is 1. The summed E-state index contributed by atoms with van der Waals surface area (Å²) in [5.74, 6) is 0.664. The Morgan fingerprint density at radius 3 is 2.65 bits per heavy atom. The molecule has 0 saturated heterocycles. The van der Waals surface area contributed by atoms with E-state index in [4.69, 9.17) is 4.52 Å². The molecule has 202 valence electrons. The summed E-state index contributed by atoms with van der Waals surface area (Å²) < 4.78 is 75.1. The number of rotatable bonds is 7. The van der Waals surface area contributed by atoms with E-state index >= 15 is 0 Å². The molecule has 1 aliphatic rings. The zero-order valence-electron chi connectivity index (χ0n) is 21.0. The molecule has 1 atom stereocenters. The lowest BCUT2D eigenvalue weighted by atomic mass is 9.93. The van der Waals surface area contributed by atoms with Crippen molar-refractivity contribution in [2.24, 2.45) is 9.98 Å². The van der Waals surface area contributed by atoms with Crippen LogP contribution in [0, 0.1) is 0 Å². The Hall–Kier alpha value is -3.19. The third-order valence-electron chi connectivity index (χ3n) is 5.64. The van der Waals surface area contributed by atoms with Crippen LogP contribution in [0.4, 0.5) is 19.0 Å². The van der Waals surface area contributed by atoms with Gasteiger partial charge in [0.2, 0.25) is 0 Å². The number of halogens is 3. The van der Waals surface area contributed by atoms with Crippen molar-refractivity contribution in [3.63, 3.8) is 0 Å². The number of aromatic nitrogens is 1. The standard InChI is InChI=1S/C24H30F3N5O4S/c1-16(8-10-29-22(28-5)35-15-24(25,26)27)32-11-9-17-6-7-19(12-18(17)14-32)37(33,34)31-21-13-20(36-30-21)23(2,3)4/h6-8,10,12-13,16H,5,9,11,14-15H2,1-4H3,(H,30,31)/b10-8+,29-22+/t16-/m1/s1. The molecule has 0 amide bonds. The van der Waals surface area contributed by atoms with E-state index in [2.05, 4.69) is 36.2 Å². The lowest BCUT2D eigenvalue weighted by Crippen LogP contribution is -2.36. The first-order valence-electron chi connectivity index (χ1n) is 11.4. The van der Waals surface area contributed by atoms with Gasteiger partial charge >= 0.3 is 12.2 Å². The minimum absolute atomic E-state index is 0.102. The first kappa shape index (κ1) is 28.4. The predicted octanol–water partition coefficient (Wildman–Crippen LogP) is 4.67. The van der Waals surface area contributed by atoms with Gasteiger partial charge in [0.25, 0.3) is 10.0 Å². The smallest absolute Gasteiger partial charge is 0.422 e. The number of benzene rings is 1. The molecule has 0 bridgehead atoms. The van der Waals surface area contributed by atoms with E-state index in [1.165, 1.54) is 6.20 Å². The van der Waals surface area contributed by atoms with Gasteiger partial charge in [0.1, 0.15) is 5.76 Å². The van der Waals surface area contributed by atoms with Gasteiger partial charge in [0.05, 0.1) is 4.90 Å². The summed E-state index contributed by atoms with van der Waals surface area (Å²) in [5.41, 5.74) is 1.58. The fourth-order valence-corrected chi connectivity index (χ4v) is 4.60.